The zero-order valence-electron chi connectivity index (χ0n) is 9.62. The Bertz CT molecular complexity index is 296. The number of Topliss-reactive ketones (excluding diaryl/α,β-unsaturated/α-hetero) is 1. The van der Waals surface area contributed by atoms with Crippen molar-refractivity contribution in [2.24, 2.45) is 5.41 Å². The van der Waals surface area contributed by atoms with Gasteiger partial charge in [-0.3, -0.25) is 4.79 Å². The predicted octanol–water partition coefficient (Wildman–Crippen LogP) is 1.81. The van der Waals surface area contributed by atoms with Crippen LogP contribution in [0.3, 0.4) is 0 Å². The van der Waals surface area contributed by atoms with Gasteiger partial charge >= 0.3 is 0 Å². The van der Waals surface area contributed by atoms with Gasteiger partial charge in [0.2, 0.25) is 0 Å². The number of rotatable bonds is 4. The molecule has 0 aliphatic rings. The number of carbonyl (C=O) groups excluding carboxylic acids is 1. The Labute approximate surface area is 86.8 Å². The van der Waals surface area contributed by atoms with Crippen LogP contribution in [0.1, 0.15) is 40.5 Å². The monoisotopic (exact) mass is 220 g/mol. The molecule has 0 bridgehead atoms. The topological polar surface area (TPSA) is 51.2 Å². The quantitative estimate of drug-likeness (QED) is 0.726. The van der Waals surface area contributed by atoms with Gasteiger partial charge in [-0.15, -0.1) is 0 Å². The molecule has 0 aromatic carbocycles. The van der Waals surface area contributed by atoms with E-state index in [-0.39, 0.29) is 11.2 Å². The Balaban J connectivity index is 4.25. The van der Waals surface area contributed by atoms with Crippen LogP contribution < -0.4 is 0 Å². The van der Waals surface area contributed by atoms with Crippen molar-refractivity contribution in [1.82, 2.24) is 0 Å². The van der Waals surface area contributed by atoms with E-state index in [0.29, 0.717) is 6.42 Å². The highest BCUT2D eigenvalue weighted by Gasteiger charge is 2.24. The number of carbonyl (C=O) groups is 1. The molecule has 0 aromatic heterocycles. The van der Waals surface area contributed by atoms with Crippen molar-refractivity contribution in [1.29, 1.82) is 0 Å². The molecule has 0 heterocycles. The molecule has 1 unspecified atom stereocenters. The minimum absolute atomic E-state index is 0.0763. The lowest BCUT2D eigenvalue weighted by Gasteiger charge is -2.18. The van der Waals surface area contributed by atoms with Crippen LogP contribution in [0.4, 0.5) is 0 Å². The van der Waals surface area contributed by atoms with Gasteiger partial charge in [-0.1, -0.05) is 20.8 Å². The lowest BCUT2D eigenvalue weighted by atomic mass is 9.89. The van der Waals surface area contributed by atoms with Crippen LogP contribution in [0.25, 0.3) is 0 Å². The first-order valence-corrected chi connectivity index (χ1v) is 6.71. The number of hydrogen-bond donors (Lipinski definition) is 0. The molecule has 0 fully saturated rings. The van der Waals surface area contributed by atoms with Crippen LogP contribution in [0, 0.1) is 5.41 Å². The molecule has 0 aromatic rings. The van der Waals surface area contributed by atoms with Gasteiger partial charge < -0.3 is 0 Å². The van der Waals surface area contributed by atoms with Crippen molar-refractivity contribution in [3.05, 3.63) is 0 Å². The van der Waals surface area contributed by atoms with Crippen LogP contribution in [0.15, 0.2) is 0 Å². The van der Waals surface area contributed by atoms with Gasteiger partial charge in [-0.05, 0) is 18.8 Å². The summed E-state index contributed by atoms with van der Waals surface area (Å²) in [7, 11) is -3.22. The first-order chi connectivity index (χ1) is 6.04. The van der Waals surface area contributed by atoms with E-state index >= 15 is 0 Å². The normalized spacial score (nSPS) is 15.2. The summed E-state index contributed by atoms with van der Waals surface area (Å²) in [5, 5.41) is -0.857. The first-order valence-electron chi connectivity index (χ1n) is 4.75. The van der Waals surface area contributed by atoms with Crippen molar-refractivity contribution in [2.75, 3.05) is 6.26 Å². The first kappa shape index (κ1) is 13.6. The van der Waals surface area contributed by atoms with Crippen LogP contribution in [-0.4, -0.2) is 25.7 Å². The molecule has 14 heavy (non-hydrogen) atoms. The zero-order chi connectivity index (χ0) is 11.6. The molecule has 84 valence electrons. The second kappa shape index (κ2) is 4.43. The summed E-state index contributed by atoms with van der Waals surface area (Å²) in [5.74, 6) is -0.178. The van der Waals surface area contributed by atoms with Crippen molar-refractivity contribution in [3.63, 3.8) is 0 Å². The molecule has 0 spiro atoms. The fourth-order valence-corrected chi connectivity index (χ4v) is 1.54. The summed E-state index contributed by atoms with van der Waals surface area (Å²) in [5.41, 5.74) is 0.0763. The van der Waals surface area contributed by atoms with Crippen molar-refractivity contribution >= 4 is 15.6 Å². The summed E-state index contributed by atoms with van der Waals surface area (Å²) in [6.07, 6.45) is 2.18. The van der Waals surface area contributed by atoms with Crippen LogP contribution in [0.5, 0.6) is 0 Å². The van der Waals surface area contributed by atoms with Gasteiger partial charge in [0.05, 0.1) is 0 Å². The van der Waals surface area contributed by atoms with E-state index in [9.17, 15) is 13.2 Å². The average Bonchev–Trinajstić information content (AvgIpc) is 1.95. The summed E-state index contributed by atoms with van der Waals surface area (Å²) in [6.45, 7) is 7.56. The van der Waals surface area contributed by atoms with Gasteiger partial charge in [-0.25, -0.2) is 8.42 Å². The molecular weight excluding hydrogens is 200 g/mol. The molecule has 0 N–H and O–H groups in total. The molecule has 0 saturated carbocycles. The van der Waals surface area contributed by atoms with Gasteiger partial charge in [0.25, 0.3) is 0 Å². The van der Waals surface area contributed by atoms with Crippen LogP contribution in [-0.2, 0) is 14.6 Å². The third-order valence-electron chi connectivity index (χ3n) is 2.22. The second-order valence-corrected chi connectivity index (χ2v) is 7.36. The van der Waals surface area contributed by atoms with Gasteiger partial charge in [0.1, 0.15) is 5.25 Å². The lowest BCUT2D eigenvalue weighted by molar-refractivity contribution is -0.118. The predicted molar refractivity (Wildman–Crippen MR) is 58.0 cm³/mol. The fraction of sp³-hybridized carbons (Fsp3) is 0.900. The van der Waals surface area contributed by atoms with Crippen molar-refractivity contribution in [3.8, 4) is 0 Å². The Hall–Kier alpha value is -0.380. The van der Waals surface area contributed by atoms with Gasteiger partial charge in [0.15, 0.2) is 15.6 Å². The van der Waals surface area contributed by atoms with Crippen molar-refractivity contribution < 1.29 is 13.2 Å². The van der Waals surface area contributed by atoms with Crippen molar-refractivity contribution in [2.45, 2.75) is 45.8 Å². The SMILES string of the molecule is CC(C(=O)CCC(C)(C)C)S(C)(=O)=O. The minimum Gasteiger partial charge on any atom is -0.298 e. The zero-order valence-corrected chi connectivity index (χ0v) is 10.4. The fourth-order valence-electron chi connectivity index (χ4n) is 0.940. The maximum atomic E-state index is 11.5. The van der Waals surface area contributed by atoms with E-state index in [1.807, 2.05) is 20.8 Å². The largest absolute Gasteiger partial charge is 0.298 e. The lowest BCUT2D eigenvalue weighted by Crippen LogP contribution is -2.27. The molecule has 4 heteroatoms. The summed E-state index contributed by atoms with van der Waals surface area (Å²) in [6, 6.07) is 0. The molecule has 0 amide bonds. The Morgan fingerprint density at radius 3 is 2.00 bits per heavy atom. The van der Waals surface area contributed by atoms with E-state index in [2.05, 4.69) is 0 Å². The minimum atomic E-state index is -3.22. The number of sulfone groups is 1. The Morgan fingerprint density at radius 2 is 1.71 bits per heavy atom. The third-order valence-corrected chi connectivity index (χ3v) is 3.76. The molecule has 0 radical (unpaired) electrons. The molecular formula is C10H20O3S. The van der Waals surface area contributed by atoms with E-state index < -0.39 is 15.1 Å². The number of hydrogen-bond acceptors (Lipinski definition) is 3. The Kier molecular flexibility index (Phi) is 4.31. The van der Waals surface area contributed by atoms with E-state index in [4.69, 9.17) is 0 Å². The molecule has 3 nitrogen and oxygen atoms in total. The summed E-state index contributed by atoms with van der Waals surface area (Å²) < 4.78 is 22.2. The standard InChI is InChI=1S/C10H20O3S/c1-8(14(5,12)13)9(11)6-7-10(2,3)4/h8H,6-7H2,1-5H3. The highest BCUT2D eigenvalue weighted by atomic mass is 32.2. The highest BCUT2D eigenvalue weighted by Crippen LogP contribution is 2.21. The third kappa shape index (κ3) is 5.37. The van der Waals surface area contributed by atoms with Gasteiger partial charge in [-0.2, -0.15) is 0 Å². The van der Waals surface area contributed by atoms with E-state index in [0.717, 1.165) is 12.7 Å². The smallest absolute Gasteiger partial charge is 0.157 e. The molecule has 0 saturated heterocycles. The van der Waals surface area contributed by atoms with E-state index in [1.165, 1.54) is 6.92 Å². The maximum absolute atomic E-state index is 11.5. The van der Waals surface area contributed by atoms with E-state index in [1.54, 1.807) is 0 Å². The van der Waals surface area contributed by atoms with Crippen LogP contribution >= 0.6 is 0 Å². The molecule has 0 aliphatic heterocycles. The number of ketones is 1. The second-order valence-electron chi connectivity index (χ2n) is 5.00. The average molecular weight is 220 g/mol. The van der Waals surface area contributed by atoms with Crippen LogP contribution in [0.2, 0.25) is 0 Å². The summed E-state index contributed by atoms with van der Waals surface area (Å²) >= 11 is 0. The summed E-state index contributed by atoms with van der Waals surface area (Å²) in [4.78, 5) is 11.5. The maximum Gasteiger partial charge on any atom is 0.157 e. The Morgan fingerprint density at radius 1 is 1.29 bits per heavy atom. The van der Waals surface area contributed by atoms with Gasteiger partial charge in [0, 0.05) is 12.7 Å². The molecule has 0 rings (SSSR count). The highest BCUT2D eigenvalue weighted by molar-refractivity contribution is 7.92. The molecule has 1 atom stereocenters. The molecule has 0 aliphatic carbocycles.